The normalized spacial score (nSPS) is 13.6. The molecule has 0 bridgehead atoms. The van der Waals surface area contributed by atoms with Gasteiger partial charge in [-0.3, -0.25) is 9.59 Å². The zero-order chi connectivity index (χ0) is 22.8. The van der Waals surface area contributed by atoms with Crippen molar-refractivity contribution in [1.29, 1.82) is 0 Å². The molecule has 6 nitrogen and oxygen atoms in total. The summed E-state index contributed by atoms with van der Waals surface area (Å²) in [5, 5.41) is 2.98. The number of carbonyl (C=O) groups excluding carboxylic acids is 2. The third-order valence-electron chi connectivity index (χ3n) is 4.97. The molecule has 4 rings (SSSR count). The third-order valence-corrected chi connectivity index (χ3v) is 4.97. The molecule has 1 heterocycles. The van der Waals surface area contributed by atoms with Gasteiger partial charge in [-0.25, -0.2) is 13.7 Å². The number of nitrogens with zero attached hydrogens (tertiary/aromatic N) is 1. The summed E-state index contributed by atoms with van der Waals surface area (Å²) in [6.07, 6.45) is 0. The molecule has 1 aliphatic heterocycles. The van der Waals surface area contributed by atoms with E-state index in [0.29, 0.717) is 22.7 Å². The zero-order valence-corrected chi connectivity index (χ0v) is 17.2. The minimum atomic E-state index is -1.17. The van der Waals surface area contributed by atoms with Crippen LogP contribution < -0.4 is 19.7 Å². The van der Waals surface area contributed by atoms with E-state index in [1.807, 2.05) is 0 Å². The number of halogens is 2. The first kappa shape index (κ1) is 21.0. The van der Waals surface area contributed by atoms with Gasteiger partial charge >= 0.3 is 0 Å². The van der Waals surface area contributed by atoms with Crippen molar-refractivity contribution in [2.75, 3.05) is 24.4 Å². The fourth-order valence-corrected chi connectivity index (χ4v) is 3.42. The molecular weight excluding hydrogens is 418 g/mol. The Hall–Kier alpha value is -4.20. The first-order chi connectivity index (χ1) is 15.4. The van der Waals surface area contributed by atoms with Crippen molar-refractivity contribution in [2.45, 2.75) is 0 Å². The van der Waals surface area contributed by atoms with Crippen molar-refractivity contribution < 1.29 is 27.8 Å². The third kappa shape index (κ3) is 3.66. The van der Waals surface area contributed by atoms with Crippen LogP contribution in [0, 0.1) is 11.6 Å². The number of anilines is 2. The molecule has 1 N–H and O–H groups in total. The van der Waals surface area contributed by atoms with Crippen LogP contribution in [-0.4, -0.2) is 26.0 Å². The topological polar surface area (TPSA) is 67.9 Å². The number of methoxy groups -OCH3 is 2. The van der Waals surface area contributed by atoms with Crippen molar-refractivity contribution >= 4 is 28.8 Å². The van der Waals surface area contributed by atoms with E-state index in [2.05, 4.69) is 5.32 Å². The average molecular weight is 436 g/mol. The number of benzene rings is 3. The summed E-state index contributed by atoms with van der Waals surface area (Å²) in [6.45, 7) is 0. The number of imide groups is 1. The van der Waals surface area contributed by atoms with Crippen LogP contribution in [0.3, 0.4) is 0 Å². The molecule has 0 fully saturated rings. The molecule has 0 spiro atoms. The van der Waals surface area contributed by atoms with Crippen LogP contribution in [-0.2, 0) is 9.59 Å². The lowest BCUT2D eigenvalue weighted by Crippen LogP contribution is -2.32. The second-order valence-electron chi connectivity index (χ2n) is 6.85. The highest BCUT2D eigenvalue weighted by Crippen LogP contribution is 2.37. The van der Waals surface area contributed by atoms with Gasteiger partial charge in [-0.05, 0) is 29.8 Å². The number of nitrogens with one attached hydrogen (secondary N) is 1. The van der Waals surface area contributed by atoms with Crippen molar-refractivity contribution in [1.82, 2.24) is 0 Å². The second-order valence-corrected chi connectivity index (χ2v) is 6.85. The lowest BCUT2D eigenvalue weighted by atomic mass is 10.0. The summed E-state index contributed by atoms with van der Waals surface area (Å²) in [5.41, 5.74) is 0.855. The summed E-state index contributed by atoms with van der Waals surface area (Å²) in [4.78, 5) is 27.5. The Morgan fingerprint density at radius 1 is 0.812 bits per heavy atom. The van der Waals surface area contributed by atoms with Crippen molar-refractivity contribution in [2.24, 2.45) is 0 Å². The predicted molar refractivity (Wildman–Crippen MR) is 115 cm³/mol. The van der Waals surface area contributed by atoms with Crippen molar-refractivity contribution in [3.63, 3.8) is 0 Å². The quantitative estimate of drug-likeness (QED) is 0.581. The number of amides is 2. The molecule has 0 atom stereocenters. The standard InChI is InChI=1S/C24H18F2N2O4/c1-31-16-9-11-20(32-2)19(13-16)27-22-21(14-6-4-3-5-7-14)23(29)28(24(22)30)15-8-10-17(25)18(26)12-15/h3-13,27H,1-2H3. The summed E-state index contributed by atoms with van der Waals surface area (Å²) in [7, 11) is 2.96. The monoisotopic (exact) mass is 436 g/mol. The molecule has 0 aliphatic carbocycles. The van der Waals surface area contributed by atoms with Gasteiger partial charge in [0.2, 0.25) is 0 Å². The van der Waals surface area contributed by atoms with Crippen LogP contribution >= 0.6 is 0 Å². The van der Waals surface area contributed by atoms with Gasteiger partial charge < -0.3 is 14.8 Å². The Morgan fingerprint density at radius 2 is 1.56 bits per heavy atom. The first-order valence-electron chi connectivity index (χ1n) is 9.57. The van der Waals surface area contributed by atoms with Gasteiger partial charge in [-0.2, -0.15) is 0 Å². The van der Waals surface area contributed by atoms with E-state index in [1.54, 1.807) is 48.5 Å². The van der Waals surface area contributed by atoms with E-state index < -0.39 is 23.4 Å². The fourth-order valence-electron chi connectivity index (χ4n) is 3.42. The maximum Gasteiger partial charge on any atom is 0.282 e. The maximum absolute atomic E-state index is 13.8. The highest BCUT2D eigenvalue weighted by atomic mass is 19.2. The maximum atomic E-state index is 13.8. The molecule has 162 valence electrons. The number of hydrogen-bond donors (Lipinski definition) is 1. The van der Waals surface area contributed by atoms with E-state index >= 15 is 0 Å². The van der Waals surface area contributed by atoms with Crippen LogP contribution in [0.25, 0.3) is 5.57 Å². The molecule has 32 heavy (non-hydrogen) atoms. The lowest BCUT2D eigenvalue weighted by Gasteiger charge is -2.16. The summed E-state index contributed by atoms with van der Waals surface area (Å²) < 4.78 is 37.9. The van der Waals surface area contributed by atoms with Gasteiger partial charge in [-0.15, -0.1) is 0 Å². The molecule has 3 aromatic rings. The van der Waals surface area contributed by atoms with E-state index in [-0.39, 0.29) is 17.0 Å². The first-order valence-corrected chi connectivity index (χ1v) is 9.57. The van der Waals surface area contributed by atoms with Crippen molar-refractivity contribution in [3.05, 3.63) is 89.6 Å². The Morgan fingerprint density at radius 3 is 2.22 bits per heavy atom. The Bertz CT molecular complexity index is 1240. The number of hydrogen-bond acceptors (Lipinski definition) is 5. The van der Waals surface area contributed by atoms with E-state index in [4.69, 9.17) is 9.47 Å². The van der Waals surface area contributed by atoms with Crippen LogP contribution in [0.4, 0.5) is 20.2 Å². The molecule has 2 amide bonds. The molecule has 0 saturated heterocycles. The fraction of sp³-hybridized carbons (Fsp3) is 0.0833. The van der Waals surface area contributed by atoms with Crippen molar-refractivity contribution in [3.8, 4) is 11.5 Å². The zero-order valence-electron chi connectivity index (χ0n) is 17.2. The smallest absolute Gasteiger partial charge is 0.282 e. The van der Waals surface area contributed by atoms with Gasteiger partial charge in [-0.1, -0.05) is 30.3 Å². The molecule has 1 aliphatic rings. The van der Waals surface area contributed by atoms with Gasteiger partial charge in [0.25, 0.3) is 11.8 Å². The number of carbonyl (C=O) groups is 2. The Kier molecular flexibility index (Phi) is 5.59. The van der Waals surface area contributed by atoms with Gasteiger partial charge in [0, 0.05) is 12.1 Å². The molecule has 0 saturated carbocycles. The highest BCUT2D eigenvalue weighted by Gasteiger charge is 2.40. The summed E-state index contributed by atoms with van der Waals surface area (Å²) >= 11 is 0. The summed E-state index contributed by atoms with van der Waals surface area (Å²) in [6, 6.07) is 16.4. The average Bonchev–Trinajstić information content (AvgIpc) is 3.05. The summed E-state index contributed by atoms with van der Waals surface area (Å²) in [5.74, 6) is -2.72. The highest BCUT2D eigenvalue weighted by molar-refractivity contribution is 6.46. The molecule has 0 radical (unpaired) electrons. The Balaban J connectivity index is 1.84. The number of ether oxygens (including phenoxy) is 2. The van der Waals surface area contributed by atoms with E-state index in [1.165, 1.54) is 20.3 Å². The lowest BCUT2D eigenvalue weighted by molar-refractivity contribution is -0.120. The van der Waals surface area contributed by atoms with Crippen LogP contribution in [0.15, 0.2) is 72.4 Å². The van der Waals surface area contributed by atoms with Gasteiger partial charge in [0.15, 0.2) is 11.6 Å². The van der Waals surface area contributed by atoms with E-state index in [9.17, 15) is 18.4 Å². The SMILES string of the molecule is COc1ccc(OC)c(NC2=C(c3ccccc3)C(=O)N(c3ccc(F)c(F)c3)C2=O)c1. The van der Waals surface area contributed by atoms with Crippen LogP contribution in [0.1, 0.15) is 5.56 Å². The van der Waals surface area contributed by atoms with Crippen LogP contribution in [0.5, 0.6) is 11.5 Å². The minimum absolute atomic E-state index is 0.0301. The largest absolute Gasteiger partial charge is 0.497 e. The number of rotatable bonds is 6. The molecule has 8 heteroatoms. The molecule has 3 aromatic carbocycles. The van der Waals surface area contributed by atoms with E-state index in [0.717, 1.165) is 17.0 Å². The molecule has 0 unspecified atom stereocenters. The predicted octanol–water partition coefficient (Wildman–Crippen LogP) is 4.38. The van der Waals surface area contributed by atoms with Gasteiger partial charge in [0.1, 0.15) is 17.2 Å². The minimum Gasteiger partial charge on any atom is -0.497 e. The molecule has 0 aromatic heterocycles. The Labute approximate surface area is 182 Å². The second kappa shape index (κ2) is 8.50. The van der Waals surface area contributed by atoms with Gasteiger partial charge in [0.05, 0.1) is 31.2 Å². The molecular formula is C24H18F2N2O4. The van der Waals surface area contributed by atoms with Crippen LogP contribution in [0.2, 0.25) is 0 Å².